The highest BCUT2D eigenvalue weighted by molar-refractivity contribution is 6.36. The second-order valence-electron chi connectivity index (χ2n) is 12.0. The quantitative estimate of drug-likeness (QED) is 0.132. The lowest BCUT2D eigenvalue weighted by Crippen LogP contribution is -2.25. The van der Waals surface area contributed by atoms with Crippen LogP contribution in [-0.4, -0.2) is 31.9 Å². The maximum Gasteiger partial charge on any atom is 0.0715 e. The molecule has 4 aromatic carbocycles. The summed E-state index contributed by atoms with van der Waals surface area (Å²) in [6.45, 7) is 7.39. The van der Waals surface area contributed by atoms with Crippen LogP contribution in [0.25, 0.3) is 11.1 Å². The standard InChI is InChI=1S/C42H41Cl2N5/c1-3-5-26-48(25-4-2)32-17-19-37(39(43)29-32)42(38-20-18-33(30-40(38)44)49(27-11-23-45)28-12-24-46)36-21-22-41(35-16-10-9-15-34(35)36)47-31-13-7-6-8-14-31/h6-10,13-22,29-30H,3-5,11-12,25-28H2,1-2H3. The number of hydrogen-bond donors (Lipinski definition) is 0. The Morgan fingerprint density at radius 2 is 1.22 bits per heavy atom. The van der Waals surface area contributed by atoms with E-state index >= 15 is 0 Å². The number of para-hydroxylation sites is 1. The smallest absolute Gasteiger partial charge is 0.0715 e. The number of allylic oxidation sites excluding steroid dienone is 3. The number of fused-ring (bicyclic) bond motifs is 1. The average molecular weight is 687 g/mol. The third-order valence-corrected chi connectivity index (χ3v) is 9.24. The highest BCUT2D eigenvalue weighted by Gasteiger charge is 2.24. The maximum atomic E-state index is 9.26. The molecule has 0 N–H and O–H groups in total. The van der Waals surface area contributed by atoms with Crippen LogP contribution in [0.3, 0.4) is 0 Å². The van der Waals surface area contributed by atoms with E-state index in [0.717, 1.165) is 88.5 Å². The summed E-state index contributed by atoms with van der Waals surface area (Å²) in [5.74, 6) is 0. The first-order chi connectivity index (χ1) is 24.0. The second-order valence-corrected chi connectivity index (χ2v) is 12.8. The van der Waals surface area contributed by atoms with E-state index in [1.54, 1.807) is 0 Å². The molecule has 0 amide bonds. The van der Waals surface area contributed by atoms with Gasteiger partial charge in [-0.2, -0.15) is 10.5 Å². The third-order valence-electron chi connectivity index (χ3n) is 8.61. The van der Waals surface area contributed by atoms with Crippen molar-refractivity contribution in [1.29, 1.82) is 10.5 Å². The first-order valence-electron chi connectivity index (χ1n) is 17.0. The minimum absolute atomic E-state index is 0.351. The van der Waals surface area contributed by atoms with Crippen LogP contribution in [0.15, 0.2) is 108 Å². The molecule has 0 fully saturated rings. The number of nitriles is 2. The fraction of sp³-hybridized carbons (Fsp3) is 0.262. The van der Waals surface area contributed by atoms with Gasteiger partial charge in [0, 0.05) is 54.2 Å². The van der Waals surface area contributed by atoms with E-state index in [1.807, 2.05) is 65.6 Å². The summed E-state index contributed by atoms with van der Waals surface area (Å²) in [5, 5.41) is 19.7. The Kier molecular flexibility index (Phi) is 12.7. The molecule has 0 heterocycles. The fourth-order valence-electron chi connectivity index (χ4n) is 6.21. The van der Waals surface area contributed by atoms with Gasteiger partial charge in [0.15, 0.2) is 0 Å². The van der Waals surface area contributed by atoms with Crippen LogP contribution in [0.1, 0.15) is 68.2 Å². The van der Waals surface area contributed by atoms with Crippen LogP contribution in [0.5, 0.6) is 0 Å². The largest absolute Gasteiger partial charge is 0.372 e. The Bertz CT molecular complexity index is 1910. The van der Waals surface area contributed by atoms with Gasteiger partial charge in [-0.05, 0) is 72.0 Å². The summed E-state index contributed by atoms with van der Waals surface area (Å²) < 4.78 is 0. The van der Waals surface area contributed by atoms with Crippen molar-refractivity contribution in [3.63, 3.8) is 0 Å². The number of unbranched alkanes of at least 4 members (excludes halogenated alkanes) is 1. The van der Waals surface area contributed by atoms with Crippen molar-refractivity contribution >= 4 is 57.1 Å². The Balaban J connectivity index is 1.70. The lowest BCUT2D eigenvalue weighted by atomic mass is 9.83. The molecule has 0 radical (unpaired) electrons. The first-order valence-corrected chi connectivity index (χ1v) is 17.7. The Hall–Kier alpha value is -4.81. The van der Waals surface area contributed by atoms with Gasteiger partial charge in [0.2, 0.25) is 0 Å². The van der Waals surface area contributed by atoms with E-state index in [2.05, 4.69) is 73.4 Å². The van der Waals surface area contributed by atoms with Gasteiger partial charge < -0.3 is 9.80 Å². The van der Waals surface area contributed by atoms with E-state index in [-0.39, 0.29) is 0 Å². The first kappa shape index (κ1) is 35.5. The zero-order valence-electron chi connectivity index (χ0n) is 28.2. The van der Waals surface area contributed by atoms with Crippen molar-refractivity contribution in [3.8, 4) is 12.1 Å². The third kappa shape index (κ3) is 8.62. The minimum Gasteiger partial charge on any atom is -0.372 e. The number of anilines is 2. The molecule has 0 saturated carbocycles. The van der Waals surface area contributed by atoms with Gasteiger partial charge in [0.05, 0.1) is 46.4 Å². The molecule has 49 heavy (non-hydrogen) atoms. The molecular weight excluding hydrogens is 645 g/mol. The summed E-state index contributed by atoms with van der Waals surface area (Å²) in [5.41, 5.74) is 9.45. The van der Waals surface area contributed by atoms with Gasteiger partial charge in [-0.3, -0.25) is 0 Å². The molecule has 5 rings (SSSR count). The summed E-state index contributed by atoms with van der Waals surface area (Å²) in [4.78, 5) is 9.43. The molecular formula is C42H41Cl2N5. The topological polar surface area (TPSA) is 66.4 Å². The second kappa shape index (κ2) is 17.5. The Labute approximate surface area is 301 Å². The number of halogens is 2. The van der Waals surface area contributed by atoms with Crippen molar-refractivity contribution in [2.24, 2.45) is 4.99 Å². The highest BCUT2D eigenvalue weighted by Crippen LogP contribution is 2.43. The molecule has 0 bridgehead atoms. The molecule has 4 aromatic rings. The van der Waals surface area contributed by atoms with Gasteiger partial charge in [-0.25, -0.2) is 4.99 Å². The molecule has 248 valence electrons. The monoisotopic (exact) mass is 685 g/mol. The predicted molar refractivity (Wildman–Crippen MR) is 207 cm³/mol. The van der Waals surface area contributed by atoms with Crippen LogP contribution in [0.2, 0.25) is 10.0 Å². The molecule has 5 nitrogen and oxygen atoms in total. The summed E-state index contributed by atoms with van der Waals surface area (Å²) in [7, 11) is 0. The molecule has 0 aromatic heterocycles. The van der Waals surface area contributed by atoms with Gasteiger partial charge >= 0.3 is 0 Å². The lowest BCUT2D eigenvalue weighted by molar-refractivity contribution is 0.704. The van der Waals surface area contributed by atoms with E-state index in [0.29, 0.717) is 36.0 Å². The Morgan fingerprint density at radius 1 is 0.653 bits per heavy atom. The summed E-state index contributed by atoms with van der Waals surface area (Å²) in [6.07, 6.45) is 8.18. The van der Waals surface area contributed by atoms with Gasteiger partial charge in [0.1, 0.15) is 0 Å². The molecule has 0 unspecified atom stereocenters. The normalized spacial score (nSPS) is 13.8. The number of hydrogen-bond acceptors (Lipinski definition) is 5. The zero-order chi connectivity index (χ0) is 34.6. The maximum absolute atomic E-state index is 9.26. The highest BCUT2D eigenvalue weighted by atomic mass is 35.5. The van der Waals surface area contributed by atoms with Gasteiger partial charge in [-0.15, -0.1) is 0 Å². The molecule has 0 aliphatic heterocycles. The Morgan fingerprint density at radius 3 is 1.78 bits per heavy atom. The predicted octanol–water partition coefficient (Wildman–Crippen LogP) is 11.3. The number of nitrogens with zero attached hydrogens (tertiary/aromatic N) is 5. The SMILES string of the molecule is CCCCN(CCC)c1ccc(C(=C2C=CC(=Nc3ccccc3)c3ccccc32)c2ccc(N(CCC#N)CCC#N)cc2Cl)c(Cl)c1. The zero-order valence-corrected chi connectivity index (χ0v) is 29.7. The van der Waals surface area contributed by atoms with Crippen LogP contribution < -0.4 is 9.80 Å². The lowest BCUT2D eigenvalue weighted by Gasteiger charge is -2.27. The number of rotatable bonds is 14. The molecule has 1 aliphatic carbocycles. The number of aliphatic imine (C=N–C) groups is 1. The van der Waals surface area contributed by atoms with Crippen LogP contribution in [0, 0.1) is 22.7 Å². The van der Waals surface area contributed by atoms with E-state index in [4.69, 9.17) is 28.2 Å². The summed E-state index contributed by atoms with van der Waals surface area (Å²) in [6, 6.07) is 35.1. The molecule has 0 saturated heterocycles. The minimum atomic E-state index is 0.351. The van der Waals surface area contributed by atoms with Crippen molar-refractivity contribution in [2.45, 2.75) is 46.0 Å². The van der Waals surface area contributed by atoms with Crippen molar-refractivity contribution in [1.82, 2.24) is 0 Å². The van der Waals surface area contributed by atoms with Gasteiger partial charge in [-0.1, -0.05) is 104 Å². The molecule has 0 atom stereocenters. The molecule has 0 spiro atoms. The molecule has 1 aliphatic rings. The summed E-state index contributed by atoms with van der Waals surface area (Å²) >= 11 is 14.5. The fourth-order valence-corrected chi connectivity index (χ4v) is 6.75. The molecule has 7 heteroatoms. The average Bonchev–Trinajstić information content (AvgIpc) is 3.12. The van der Waals surface area contributed by atoms with Crippen molar-refractivity contribution in [3.05, 3.63) is 135 Å². The van der Waals surface area contributed by atoms with Gasteiger partial charge in [0.25, 0.3) is 0 Å². The van der Waals surface area contributed by atoms with Crippen molar-refractivity contribution in [2.75, 3.05) is 36.0 Å². The van der Waals surface area contributed by atoms with E-state index < -0.39 is 0 Å². The van der Waals surface area contributed by atoms with Crippen molar-refractivity contribution < 1.29 is 0 Å². The van der Waals surface area contributed by atoms with E-state index in [9.17, 15) is 10.5 Å². The van der Waals surface area contributed by atoms with Crippen LogP contribution in [0.4, 0.5) is 17.1 Å². The van der Waals surface area contributed by atoms with E-state index in [1.165, 1.54) is 0 Å². The van der Waals surface area contributed by atoms with Crippen LogP contribution in [-0.2, 0) is 0 Å². The van der Waals surface area contributed by atoms with Crippen LogP contribution >= 0.6 is 23.2 Å². The number of benzene rings is 4.